The standard InChI is InChI=1S/C26H27N7O/c1-16(18-8-5-11-32(2)25(18)34)21-22-24(31-30-21)29-20(15-28-22)33-12-9-26(10-13-33)14-17-6-3-4-7-19(17)23(26)27/h3-8,11,15,23H,1,9-10,12-14,27H2,2H3,(H,29,30,31)/t23-/m1/s1. The fraction of sp³-hybridized carbons (Fsp3) is 0.308. The molecule has 0 radical (unpaired) electrons. The van der Waals surface area contributed by atoms with Crippen molar-refractivity contribution in [3.05, 3.63) is 88.1 Å². The number of nitrogens with zero attached hydrogens (tertiary/aromatic N) is 5. The quantitative estimate of drug-likeness (QED) is 0.494. The van der Waals surface area contributed by atoms with Crippen LogP contribution in [0.25, 0.3) is 16.7 Å². The number of piperidine rings is 1. The van der Waals surface area contributed by atoms with Gasteiger partial charge in [-0.3, -0.25) is 9.89 Å². The van der Waals surface area contributed by atoms with Crippen molar-refractivity contribution < 1.29 is 0 Å². The van der Waals surface area contributed by atoms with Gasteiger partial charge in [0.05, 0.1) is 6.20 Å². The number of anilines is 1. The smallest absolute Gasteiger partial charge is 0.258 e. The molecule has 4 heterocycles. The highest BCUT2D eigenvalue weighted by Crippen LogP contribution is 2.50. The molecule has 0 bridgehead atoms. The summed E-state index contributed by atoms with van der Waals surface area (Å²) in [5, 5.41) is 7.37. The van der Waals surface area contributed by atoms with Crippen LogP contribution in [0.2, 0.25) is 0 Å². The summed E-state index contributed by atoms with van der Waals surface area (Å²) in [6.07, 6.45) is 6.59. The van der Waals surface area contributed by atoms with Crippen molar-refractivity contribution in [2.24, 2.45) is 18.2 Å². The number of hydrogen-bond donors (Lipinski definition) is 2. The zero-order chi connectivity index (χ0) is 23.4. The molecule has 8 heteroatoms. The first-order valence-electron chi connectivity index (χ1n) is 11.6. The molecule has 172 valence electrons. The SMILES string of the molecule is C=C(c1cccn(C)c1=O)c1n[nH]c2nc(N3CCC4(CC3)Cc3ccccc3[C@H]4N)cnc12. The zero-order valence-electron chi connectivity index (χ0n) is 19.2. The second-order valence-corrected chi connectivity index (χ2v) is 9.52. The van der Waals surface area contributed by atoms with Gasteiger partial charge in [0.1, 0.15) is 17.0 Å². The van der Waals surface area contributed by atoms with Crippen molar-refractivity contribution in [3.63, 3.8) is 0 Å². The Kier molecular flexibility index (Phi) is 4.67. The van der Waals surface area contributed by atoms with Gasteiger partial charge in [0, 0.05) is 43.5 Å². The molecule has 3 aromatic heterocycles. The fourth-order valence-electron chi connectivity index (χ4n) is 5.60. The Bertz CT molecular complexity index is 1480. The monoisotopic (exact) mass is 453 g/mol. The van der Waals surface area contributed by atoms with Crippen molar-refractivity contribution in [1.29, 1.82) is 0 Å². The molecule has 0 saturated carbocycles. The van der Waals surface area contributed by atoms with Crippen molar-refractivity contribution in [2.75, 3.05) is 18.0 Å². The predicted octanol–water partition coefficient (Wildman–Crippen LogP) is 2.96. The molecule has 3 N–H and O–H groups in total. The van der Waals surface area contributed by atoms with E-state index < -0.39 is 0 Å². The Balaban J connectivity index is 1.23. The third-order valence-electron chi connectivity index (χ3n) is 7.67. The van der Waals surface area contributed by atoms with E-state index in [1.165, 1.54) is 15.7 Å². The maximum Gasteiger partial charge on any atom is 0.258 e. The van der Waals surface area contributed by atoms with E-state index in [9.17, 15) is 4.79 Å². The third-order valence-corrected chi connectivity index (χ3v) is 7.67. The summed E-state index contributed by atoms with van der Waals surface area (Å²) in [5.41, 5.74) is 12.2. The minimum atomic E-state index is -0.122. The molecule has 1 spiro atoms. The van der Waals surface area contributed by atoms with Gasteiger partial charge in [-0.2, -0.15) is 5.10 Å². The van der Waals surface area contributed by atoms with Gasteiger partial charge >= 0.3 is 0 Å². The normalized spacial score (nSPS) is 19.0. The van der Waals surface area contributed by atoms with Crippen LogP contribution in [0, 0.1) is 5.41 Å². The van der Waals surface area contributed by atoms with Crippen molar-refractivity contribution in [3.8, 4) is 0 Å². The molecule has 4 aromatic rings. The van der Waals surface area contributed by atoms with Crippen molar-refractivity contribution in [1.82, 2.24) is 24.7 Å². The molecule has 0 amide bonds. The van der Waals surface area contributed by atoms with Crippen LogP contribution in [0.5, 0.6) is 0 Å². The lowest BCUT2D eigenvalue weighted by molar-refractivity contribution is 0.187. The number of fused-ring (bicyclic) bond motifs is 2. The van der Waals surface area contributed by atoms with E-state index in [1.807, 2.05) is 6.07 Å². The van der Waals surface area contributed by atoms with Gasteiger partial charge < -0.3 is 15.2 Å². The number of H-pyrrole nitrogens is 1. The minimum absolute atomic E-state index is 0.0892. The Labute approximate surface area is 197 Å². The van der Waals surface area contributed by atoms with Crippen molar-refractivity contribution >= 4 is 22.6 Å². The van der Waals surface area contributed by atoms with E-state index >= 15 is 0 Å². The van der Waals surface area contributed by atoms with E-state index in [0.29, 0.717) is 28.0 Å². The lowest BCUT2D eigenvalue weighted by Crippen LogP contribution is -2.44. The second-order valence-electron chi connectivity index (χ2n) is 9.52. The number of nitrogens with two attached hydrogens (primary N) is 1. The van der Waals surface area contributed by atoms with Gasteiger partial charge in [-0.1, -0.05) is 30.8 Å². The molecule has 1 aromatic carbocycles. The van der Waals surface area contributed by atoms with Gasteiger partial charge in [0.2, 0.25) is 0 Å². The number of aromatic nitrogens is 5. The highest BCUT2D eigenvalue weighted by molar-refractivity contribution is 5.90. The Morgan fingerprint density at radius 1 is 1.21 bits per heavy atom. The van der Waals surface area contributed by atoms with E-state index in [4.69, 9.17) is 10.7 Å². The first-order chi connectivity index (χ1) is 16.5. The number of benzene rings is 1. The maximum absolute atomic E-state index is 12.5. The summed E-state index contributed by atoms with van der Waals surface area (Å²) >= 11 is 0. The summed E-state index contributed by atoms with van der Waals surface area (Å²) in [6.45, 7) is 5.88. The molecule has 1 saturated heterocycles. The van der Waals surface area contributed by atoms with Gasteiger partial charge in [0.25, 0.3) is 5.56 Å². The van der Waals surface area contributed by atoms with Gasteiger partial charge in [-0.05, 0) is 47.9 Å². The minimum Gasteiger partial charge on any atom is -0.355 e. The van der Waals surface area contributed by atoms with Gasteiger partial charge in [0.15, 0.2) is 5.65 Å². The predicted molar refractivity (Wildman–Crippen MR) is 132 cm³/mol. The van der Waals surface area contributed by atoms with Crippen molar-refractivity contribution in [2.45, 2.75) is 25.3 Å². The number of aromatic amines is 1. The van der Waals surface area contributed by atoms with Crippen LogP contribution in [0.15, 0.2) is 60.2 Å². The van der Waals surface area contributed by atoms with Crippen LogP contribution in [-0.2, 0) is 13.5 Å². The number of nitrogens with one attached hydrogen (secondary N) is 1. The molecule has 1 fully saturated rings. The first kappa shape index (κ1) is 20.8. The highest BCUT2D eigenvalue weighted by Gasteiger charge is 2.45. The topological polar surface area (TPSA) is 106 Å². The molecule has 1 aliphatic carbocycles. The molecule has 2 aliphatic rings. The van der Waals surface area contributed by atoms with Crippen LogP contribution in [-0.4, -0.2) is 37.8 Å². The molecular weight excluding hydrogens is 426 g/mol. The molecule has 0 unspecified atom stereocenters. The average molecular weight is 454 g/mol. The third kappa shape index (κ3) is 3.09. The highest BCUT2D eigenvalue weighted by atomic mass is 16.1. The molecule has 34 heavy (non-hydrogen) atoms. The van der Waals surface area contributed by atoms with Crippen LogP contribution >= 0.6 is 0 Å². The fourth-order valence-corrected chi connectivity index (χ4v) is 5.60. The number of rotatable bonds is 3. The number of aryl methyl sites for hydroxylation is 1. The van der Waals surface area contributed by atoms with Gasteiger partial charge in [-0.25, -0.2) is 9.97 Å². The van der Waals surface area contributed by atoms with E-state index in [1.54, 1.807) is 25.5 Å². The molecular formula is C26H27N7O. The van der Waals surface area contributed by atoms with E-state index in [-0.39, 0.29) is 17.0 Å². The van der Waals surface area contributed by atoms with Crippen LogP contribution in [0.4, 0.5) is 5.82 Å². The zero-order valence-corrected chi connectivity index (χ0v) is 19.2. The summed E-state index contributed by atoms with van der Waals surface area (Å²) in [6, 6.07) is 12.2. The molecule has 8 nitrogen and oxygen atoms in total. The largest absolute Gasteiger partial charge is 0.355 e. The van der Waals surface area contributed by atoms with Crippen LogP contribution < -0.4 is 16.2 Å². The summed E-state index contributed by atoms with van der Waals surface area (Å²) in [4.78, 5) is 24.2. The summed E-state index contributed by atoms with van der Waals surface area (Å²) < 4.78 is 1.52. The average Bonchev–Trinajstić information content (AvgIpc) is 3.40. The second kappa shape index (κ2) is 7.63. The molecule has 1 atom stereocenters. The lowest BCUT2D eigenvalue weighted by Gasteiger charge is -2.42. The lowest BCUT2D eigenvalue weighted by atomic mass is 9.73. The summed E-state index contributed by atoms with van der Waals surface area (Å²) in [5.74, 6) is 0.822. The van der Waals surface area contributed by atoms with E-state index in [0.717, 1.165) is 38.2 Å². The van der Waals surface area contributed by atoms with Crippen LogP contribution in [0.1, 0.15) is 41.3 Å². The van der Waals surface area contributed by atoms with Gasteiger partial charge in [-0.15, -0.1) is 0 Å². The Morgan fingerprint density at radius 3 is 2.79 bits per heavy atom. The Morgan fingerprint density at radius 2 is 2.00 bits per heavy atom. The Hall–Kier alpha value is -3.78. The van der Waals surface area contributed by atoms with Crippen LogP contribution in [0.3, 0.4) is 0 Å². The number of pyridine rings is 1. The number of hydrogen-bond acceptors (Lipinski definition) is 6. The van der Waals surface area contributed by atoms with E-state index in [2.05, 4.69) is 50.9 Å². The summed E-state index contributed by atoms with van der Waals surface area (Å²) in [7, 11) is 1.72. The first-order valence-corrected chi connectivity index (χ1v) is 11.6. The molecule has 6 rings (SSSR count). The molecule has 1 aliphatic heterocycles. The maximum atomic E-state index is 12.5.